The highest BCUT2D eigenvalue weighted by molar-refractivity contribution is 6.21. The number of nitrogens with zero attached hydrogens (tertiary/aromatic N) is 3. The number of benzene rings is 3. The number of aromatic nitrogens is 1. The highest BCUT2D eigenvalue weighted by atomic mass is 16.5. The number of carbonyl (C=O) groups excluding carboxylic acids is 3. The van der Waals surface area contributed by atoms with Gasteiger partial charge in [0.1, 0.15) is 0 Å². The maximum atomic E-state index is 13.7. The van der Waals surface area contributed by atoms with E-state index in [9.17, 15) is 14.4 Å². The zero-order valence-corrected chi connectivity index (χ0v) is 23.7. The third kappa shape index (κ3) is 4.89. The largest absolute Gasteiger partial charge is 0.493 e. The molecule has 0 aliphatic carbocycles. The van der Waals surface area contributed by atoms with Crippen molar-refractivity contribution in [3.05, 3.63) is 119 Å². The van der Waals surface area contributed by atoms with Gasteiger partial charge in [-0.05, 0) is 67.6 Å². The van der Waals surface area contributed by atoms with Gasteiger partial charge in [-0.25, -0.2) is 0 Å². The van der Waals surface area contributed by atoms with Gasteiger partial charge in [-0.2, -0.15) is 0 Å². The van der Waals surface area contributed by atoms with Gasteiger partial charge >= 0.3 is 0 Å². The third-order valence-electron chi connectivity index (χ3n) is 7.95. The van der Waals surface area contributed by atoms with Crippen molar-refractivity contribution in [1.82, 2.24) is 9.88 Å². The highest BCUT2D eigenvalue weighted by Crippen LogP contribution is 2.41. The fourth-order valence-corrected chi connectivity index (χ4v) is 5.70. The molecule has 3 heterocycles. The molecule has 212 valence electrons. The van der Waals surface area contributed by atoms with Crippen molar-refractivity contribution in [3.8, 4) is 11.5 Å². The lowest BCUT2D eigenvalue weighted by molar-refractivity contribution is 0.0642. The first kappa shape index (κ1) is 27.2. The van der Waals surface area contributed by atoms with Crippen LogP contribution in [0, 0.1) is 0 Å². The standard InChI is InChI=1S/C34H31N3O5/c1-21(9-10-23-7-5-4-6-8-23)42-31-18-25(12-14-30(31)41-3)37-22(2)26-13-11-24(17-28(26)34(37)40)20-36-32(38)27-15-16-35-19-29(27)33(36)39/h4-8,11-19,21-22H,9-10,20H2,1-3H3. The average molecular weight is 562 g/mol. The summed E-state index contributed by atoms with van der Waals surface area (Å²) in [5.41, 5.74) is 4.72. The van der Waals surface area contributed by atoms with Gasteiger partial charge in [-0.1, -0.05) is 42.5 Å². The molecule has 8 nitrogen and oxygen atoms in total. The molecule has 42 heavy (non-hydrogen) atoms. The second kappa shape index (κ2) is 11.1. The molecule has 2 aliphatic rings. The van der Waals surface area contributed by atoms with Crippen molar-refractivity contribution in [3.63, 3.8) is 0 Å². The molecule has 3 aromatic carbocycles. The number of hydrogen-bond acceptors (Lipinski definition) is 6. The van der Waals surface area contributed by atoms with E-state index in [2.05, 4.69) is 17.1 Å². The maximum Gasteiger partial charge on any atom is 0.263 e. The van der Waals surface area contributed by atoms with E-state index in [1.165, 1.54) is 22.9 Å². The summed E-state index contributed by atoms with van der Waals surface area (Å²) in [5, 5.41) is 0. The van der Waals surface area contributed by atoms with Crippen LogP contribution in [0.5, 0.6) is 11.5 Å². The van der Waals surface area contributed by atoms with Crippen LogP contribution in [0.4, 0.5) is 5.69 Å². The Bertz CT molecular complexity index is 1650. The maximum absolute atomic E-state index is 13.7. The zero-order chi connectivity index (χ0) is 29.4. The third-order valence-corrected chi connectivity index (χ3v) is 7.95. The fourth-order valence-electron chi connectivity index (χ4n) is 5.70. The molecule has 2 aliphatic heterocycles. The van der Waals surface area contributed by atoms with Crippen LogP contribution in [0.15, 0.2) is 85.2 Å². The predicted molar refractivity (Wildman–Crippen MR) is 158 cm³/mol. The van der Waals surface area contributed by atoms with Crippen molar-refractivity contribution in [2.75, 3.05) is 12.0 Å². The fraction of sp³-hybridized carbons (Fsp3) is 0.235. The number of methoxy groups -OCH3 is 1. The van der Waals surface area contributed by atoms with E-state index in [4.69, 9.17) is 9.47 Å². The Morgan fingerprint density at radius 3 is 2.38 bits per heavy atom. The first-order chi connectivity index (χ1) is 20.4. The molecule has 4 aromatic rings. The van der Waals surface area contributed by atoms with Crippen LogP contribution in [-0.2, 0) is 13.0 Å². The molecular formula is C34H31N3O5. The molecule has 2 unspecified atom stereocenters. The molecule has 6 rings (SSSR count). The molecule has 8 heteroatoms. The number of aryl methyl sites for hydroxylation is 1. The molecule has 0 fully saturated rings. The van der Waals surface area contributed by atoms with Crippen LogP contribution in [0.25, 0.3) is 0 Å². The van der Waals surface area contributed by atoms with Gasteiger partial charge in [0.05, 0.1) is 36.9 Å². The Kier molecular flexibility index (Phi) is 7.20. The van der Waals surface area contributed by atoms with Crippen LogP contribution >= 0.6 is 0 Å². The lowest BCUT2D eigenvalue weighted by Crippen LogP contribution is -2.29. The van der Waals surface area contributed by atoms with Crippen LogP contribution in [0.1, 0.15) is 74.1 Å². The van der Waals surface area contributed by atoms with Crippen molar-refractivity contribution in [2.45, 2.75) is 45.4 Å². The van der Waals surface area contributed by atoms with E-state index in [-0.39, 0.29) is 36.4 Å². The van der Waals surface area contributed by atoms with Crippen LogP contribution in [0.3, 0.4) is 0 Å². The van der Waals surface area contributed by atoms with E-state index < -0.39 is 0 Å². The number of ether oxygens (including phenoxy) is 2. The molecule has 0 saturated heterocycles. The summed E-state index contributed by atoms with van der Waals surface area (Å²) in [6.45, 7) is 4.08. The highest BCUT2D eigenvalue weighted by Gasteiger charge is 2.38. The summed E-state index contributed by atoms with van der Waals surface area (Å²) in [5.74, 6) is 0.281. The second-order valence-electron chi connectivity index (χ2n) is 10.7. The van der Waals surface area contributed by atoms with E-state index in [1.807, 2.05) is 62.4 Å². The van der Waals surface area contributed by atoms with Gasteiger partial charge in [0.2, 0.25) is 0 Å². The quantitative estimate of drug-likeness (QED) is 0.233. The number of rotatable bonds is 9. The summed E-state index contributed by atoms with van der Waals surface area (Å²) < 4.78 is 11.9. The Balaban J connectivity index is 1.20. The van der Waals surface area contributed by atoms with Crippen molar-refractivity contribution >= 4 is 23.4 Å². The van der Waals surface area contributed by atoms with Crippen LogP contribution in [-0.4, -0.2) is 40.8 Å². The lowest BCUT2D eigenvalue weighted by atomic mass is 10.0. The second-order valence-corrected chi connectivity index (χ2v) is 10.7. The summed E-state index contributed by atoms with van der Waals surface area (Å²) in [4.78, 5) is 46.3. The van der Waals surface area contributed by atoms with Gasteiger partial charge in [-0.15, -0.1) is 0 Å². The normalized spacial score (nSPS) is 16.5. The summed E-state index contributed by atoms with van der Waals surface area (Å²) in [6.07, 6.45) is 4.56. The first-order valence-electron chi connectivity index (χ1n) is 14.0. The van der Waals surface area contributed by atoms with Crippen molar-refractivity contribution < 1.29 is 23.9 Å². The predicted octanol–water partition coefficient (Wildman–Crippen LogP) is 6.01. The van der Waals surface area contributed by atoms with E-state index in [1.54, 1.807) is 24.1 Å². The number of pyridine rings is 1. The van der Waals surface area contributed by atoms with Gasteiger partial charge in [-0.3, -0.25) is 24.3 Å². The summed E-state index contributed by atoms with van der Waals surface area (Å²) >= 11 is 0. The minimum absolute atomic E-state index is 0.0706. The smallest absolute Gasteiger partial charge is 0.263 e. The number of anilines is 1. The Hall–Kier alpha value is -4.98. The van der Waals surface area contributed by atoms with Crippen LogP contribution in [0.2, 0.25) is 0 Å². The van der Waals surface area contributed by atoms with Crippen molar-refractivity contribution in [1.29, 1.82) is 0 Å². The molecule has 2 atom stereocenters. The SMILES string of the molecule is COc1ccc(N2C(=O)c3cc(CN4C(=O)c5ccncc5C4=O)ccc3C2C)cc1OC(C)CCc1ccccc1. The molecular weight excluding hydrogens is 530 g/mol. The lowest BCUT2D eigenvalue weighted by Gasteiger charge is -2.24. The molecule has 1 aromatic heterocycles. The monoisotopic (exact) mass is 561 g/mol. The Morgan fingerprint density at radius 1 is 0.833 bits per heavy atom. The molecule has 0 saturated carbocycles. The molecule has 0 N–H and O–H groups in total. The van der Waals surface area contributed by atoms with Crippen molar-refractivity contribution in [2.24, 2.45) is 0 Å². The van der Waals surface area contributed by atoms with E-state index in [0.29, 0.717) is 39.4 Å². The summed E-state index contributed by atoms with van der Waals surface area (Å²) in [7, 11) is 1.60. The van der Waals surface area contributed by atoms with Gasteiger partial charge in [0.25, 0.3) is 17.7 Å². The first-order valence-corrected chi connectivity index (χ1v) is 14.0. The molecule has 0 radical (unpaired) electrons. The number of amides is 3. The van der Waals surface area contributed by atoms with E-state index in [0.717, 1.165) is 18.4 Å². The van der Waals surface area contributed by atoms with Crippen LogP contribution < -0.4 is 14.4 Å². The van der Waals surface area contributed by atoms with Gasteiger partial charge in [0, 0.05) is 29.7 Å². The molecule has 0 bridgehead atoms. The molecule has 3 amide bonds. The zero-order valence-electron chi connectivity index (χ0n) is 23.7. The van der Waals surface area contributed by atoms with Gasteiger partial charge in [0.15, 0.2) is 11.5 Å². The summed E-state index contributed by atoms with van der Waals surface area (Å²) in [6, 6.07) is 22.7. The topological polar surface area (TPSA) is 89.0 Å². The van der Waals surface area contributed by atoms with Gasteiger partial charge < -0.3 is 14.4 Å². The van der Waals surface area contributed by atoms with E-state index >= 15 is 0 Å². The molecule has 0 spiro atoms. The number of imide groups is 1. The average Bonchev–Trinajstić information content (AvgIpc) is 3.40. The minimum atomic E-state index is -0.381. The number of fused-ring (bicyclic) bond motifs is 2. The minimum Gasteiger partial charge on any atom is -0.493 e. The Morgan fingerprint density at radius 2 is 1.62 bits per heavy atom. The Labute approximate surface area is 244 Å². The number of hydrogen-bond donors (Lipinski definition) is 0. The number of carbonyl (C=O) groups is 3.